The maximum Gasteiger partial charge on any atom is 0.247 e. The van der Waals surface area contributed by atoms with Crippen molar-refractivity contribution in [1.82, 2.24) is 20.2 Å². The number of nitrogens with zero attached hydrogens (tertiary/aromatic N) is 3. The van der Waals surface area contributed by atoms with Crippen LogP contribution in [0.4, 0.5) is 0 Å². The lowest BCUT2D eigenvalue weighted by Crippen LogP contribution is -2.61. The highest BCUT2D eigenvalue weighted by atomic mass is 16.5. The minimum absolute atomic E-state index is 0.0106. The van der Waals surface area contributed by atoms with Crippen LogP contribution in [-0.4, -0.2) is 85.1 Å². The molecule has 0 bridgehead atoms. The molecule has 1 aliphatic heterocycles. The van der Waals surface area contributed by atoms with E-state index in [0.717, 1.165) is 11.1 Å². The molecule has 1 unspecified atom stereocenters. The van der Waals surface area contributed by atoms with E-state index < -0.39 is 22.9 Å². The van der Waals surface area contributed by atoms with Gasteiger partial charge in [0.2, 0.25) is 17.7 Å². The number of carbonyl (C=O) groups excluding carboxylic acids is 3. The summed E-state index contributed by atoms with van der Waals surface area (Å²) in [6, 6.07) is 18.6. The normalized spacial score (nSPS) is 18.5. The van der Waals surface area contributed by atoms with Crippen molar-refractivity contribution in [2.75, 3.05) is 40.8 Å². The summed E-state index contributed by atoms with van der Waals surface area (Å²) in [5.41, 5.74) is 6.05. The van der Waals surface area contributed by atoms with Gasteiger partial charge in [0, 0.05) is 34.2 Å². The number of likely N-dealkylation sites (tertiary alicyclic amines) is 1. The Morgan fingerprint density at radius 3 is 2.18 bits per heavy atom. The predicted molar refractivity (Wildman–Crippen MR) is 151 cm³/mol. The van der Waals surface area contributed by atoms with Gasteiger partial charge in [-0.25, -0.2) is 5.01 Å². The monoisotopic (exact) mass is 537 g/mol. The second-order valence-corrected chi connectivity index (χ2v) is 11.2. The first kappa shape index (κ1) is 30.3. The number of hydrazine groups is 1. The minimum atomic E-state index is -1.17. The molecule has 1 fully saturated rings. The number of nitrogens with one attached hydrogen (secondary N) is 1. The summed E-state index contributed by atoms with van der Waals surface area (Å²) in [6.45, 7) is 4.21. The van der Waals surface area contributed by atoms with Crippen molar-refractivity contribution in [2.24, 2.45) is 11.1 Å². The van der Waals surface area contributed by atoms with Crippen LogP contribution in [0.3, 0.4) is 0 Å². The van der Waals surface area contributed by atoms with E-state index >= 15 is 0 Å². The molecule has 39 heavy (non-hydrogen) atoms. The van der Waals surface area contributed by atoms with Crippen molar-refractivity contribution in [3.8, 4) is 0 Å². The summed E-state index contributed by atoms with van der Waals surface area (Å²) in [5, 5.41) is 6.16. The lowest BCUT2D eigenvalue weighted by atomic mass is 9.74. The molecule has 9 heteroatoms. The molecule has 0 aromatic heterocycles. The van der Waals surface area contributed by atoms with Gasteiger partial charge < -0.3 is 20.7 Å². The maximum absolute atomic E-state index is 13.9. The van der Waals surface area contributed by atoms with Crippen LogP contribution in [0.1, 0.15) is 37.8 Å². The van der Waals surface area contributed by atoms with Gasteiger partial charge in [0.15, 0.2) is 0 Å². The molecule has 0 spiro atoms. The molecule has 1 aliphatic rings. The lowest BCUT2D eigenvalue weighted by Gasteiger charge is -2.45. The van der Waals surface area contributed by atoms with Gasteiger partial charge >= 0.3 is 0 Å². The van der Waals surface area contributed by atoms with E-state index in [1.807, 2.05) is 74.8 Å². The zero-order valence-electron chi connectivity index (χ0n) is 23.9. The average Bonchev–Trinajstić information content (AvgIpc) is 2.91. The number of benzene rings is 2. The van der Waals surface area contributed by atoms with E-state index in [4.69, 9.17) is 10.5 Å². The fourth-order valence-corrected chi connectivity index (χ4v) is 4.83. The summed E-state index contributed by atoms with van der Waals surface area (Å²) in [6.07, 6.45) is 1.82. The van der Waals surface area contributed by atoms with Gasteiger partial charge in [0.05, 0.1) is 24.2 Å². The number of hydrogen-bond acceptors (Lipinski definition) is 6. The number of hydrogen-bond donors (Lipinski definition) is 2. The van der Waals surface area contributed by atoms with Crippen LogP contribution in [0.5, 0.6) is 0 Å². The van der Waals surface area contributed by atoms with E-state index in [2.05, 4.69) is 5.32 Å². The topological polar surface area (TPSA) is 108 Å². The van der Waals surface area contributed by atoms with Crippen LogP contribution < -0.4 is 11.1 Å². The van der Waals surface area contributed by atoms with Crippen LogP contribution in [-0.2, 0) is 32.1 Å². The smallest absolute Gasteiger partial charge is 0.247 e. The van der Waals surface area contributed by atoms with E-state index in [-0.39, 0.29) is 25.0 Å². The molecule has 0 radical (unpaired) electrons. The SMILES string of the molecule is CN(C)N(C)C(=O)C1(Cc2ccccc2)CCCN(C(=O)[C@@H](COCc2ccccc2)NC(=O)C(C)(C)N)C1. The summed E-state index contributed by atoms with van der Waals surface area (Å²) >= 11 is 0. The molecule has 2 atom stereocenters. The highest BCUT2D eigenvalue weighted by molar-refractivity contribution is 5.92. The molecule has 3 amide bonds. The van der Waals surface area contributed by atoms with Gasteiger partial charge in [-0.15, -0.1) is 0 Å². The predicted octanol–water partition coefficient (Wildman–Crippen LogP) is 2.21. The molecule has 212 valence electrons. The van der Waals surface area contributed by atoms with Crippen molar-refractivity contribution in [2.45, 2.75) is 51.3 Å². The van der Waals surface area contributed by atoms with Gasteiger partial charge in [0.25, 0.3) is 0 Å². The molecule has 9 nitrogen and oxygen atoms in total. The Morgan fingerprint density at radius 1 is 1.03 bits per heavy atom. The maximum atomic E-state index is 13.9. The van der Waals surface area contributed by atoms with Gasteiger partial charge in [-0.1, -0.05) is 60.7 Å². The Kier molecular flexibility index (Phi) is 10.2. The van der Waals surface area contributed by atoms with Crippen molar-refractivity contribution in [3.63, 3.8) is 0 Å². The number of rotatable bonds is 11. The van der Waals surface area contributed by atoms with E-state index in [9.17, 15) is 14.4 Å². The molecule has 1 heterocycles. The highest BCUT2D eigenvalue weighted by Crippen LogP contribution is 2.36. The fraction of sp³-hybridized carbons (Fsp3) is 0.500. The number of amides is 3. The first-order chi connectivity index (χ1) is 18.4. The highest BCUT2D eigenvalue weighted by Gasteiger charge is 2.46. The third kappa shape index (κ3) is 8.11. The Morgan fingerprint density at radius 2 is 1.62 bits per heavy atom. The van der Waals surface area contributed by atoms with Gasteiger partial charge in [0.1, 0.15) is 6.04 Å². The zero-order valence-corrected chi connectivity index (χ0v) is 23.9. The fourth-order valence-electron chi connectivity index (χ4n) is 4.83. The quantitative estimate of drug-likeness (QED) is 0.426. The van der Waals surface area contributed by atoms with Gasteiger partial charge in [-0.3, -0.25) is 19.4 Å². The van der Waals surface area contributed by atoms with Gasteiger partial charge in [-0.2, -0.15) is 0 Å². The number of ether oxygens (including phenoxy) is 1. The van der Waals surface area contributed by atoms with E-state index in [1.165, 1.54) is 0 Å². The molecular formula is C30H43N5O4. The molecule has 0 aliphatic carbocycles. The van der Waals surface area contributed by atoms with Crippen LogP contribution in [0.25, 0.3) is 0 Å². The molecule has 3 rings (SSSR count). The molecule has 2 aromatic carbocycles. The van der Waals surface area contributed by atoms with E-state index in [1.54, 1.807) is 35.8 Å². The van der Waals surface area contributed by atoms with Gasteiger partial charge in [-0.05, 0) is 44.2 Å². The Labute approximate surface area is 232 Å². The zero-order chi connectivity index (χ0) is 28.6. The molecule has 0 saturated carbocycles. The number of carbonyl (C=O) groups is 3. The lowest BCUT2D eigenvalue weighted by molar-refractivity contribution is -0.159. The molecule has 2 aromatic rings. The van der Waals surface area contributed by atoms with Crippen molar-refractivity contribution in [1.29, 1.82) is 0 Å². The standard InChI is InChI=1S/C30H43N5O4/c1-29(2,31)27(37)32-25(21-39-20-24-15-10-7-11-16-24)26(36)35-18-12-17-30(22-35,28(38)34(5)33(3)4)19-23-13-8-6-9-14-23/h6-11,13-16,25H,12,17-22,31H2,1-5H3,(H,32,37)/t25-,30?/m1/s1. The van der Waals surface area contributed by atoms with Crippen LogP contribution in [0.2, 0.25) is 0 Å². The number of nitrogens with two attached hydrogens (primary N) is 1. The Bertz CT molecular complexity index is 1100. The molecule has 1 saturated heterocycles. The van der Waals surface area contributed by atoms with Crippen LogP contribution in [0.15, 0.2) is 60.7 Å². The first-order valence-corrected chi connectivity index (χ1v) is 13.4. The summed E-state index contributed by atoms with van der Waals surface area (Å²) < 4.78 is 5.89. The summed E-state index contributed by atoms with van der Waals surface area (Å²) in [5.74, 6) is -0.768. The Balaban J connectivity index is 1.85. The number of piperidine rings is 1. The van der Waals surface area contributed by atoms with Crippen molar-refractivity contribution >= 4 is 17.7 Å². The third-order valence-electron chi connectivity index (χ3n) is 7.21. The van der Waals surface area contributed by atoms with Crippen molar-refractivity contribution in [3.05, 3.63) is 71.8 Å². The first-order valence-electron chi connectivity index (χ1n) is 13.4. The second-order valence-electron chi connectivity index (χ2n) is 11.2. The Hall–Kier alpha value is -3.27. The third-order valence-corrected chi connectivity index (χ3v) is 7.21. The molecular weight excluding hydrogens is 494 g/mol. The van der Waals surface area contributed by atoms with Crippen LogP contribution in [0, 0.1) is 5.41 Å². The van der Waals surface area contributed by atoms with E-state index in [0.29, 0.717) is 32.4 Å². The average molecular weight is 538 g/mol. The van der Waals surface area contributed by atoms with Crippen LogP contribution >= 0.6 is 0 Å². The second kappa shape index (κ2) is 13.2. The summed E-state index contributed by atoms with van der Waals surface area (Å²) in [7, 11) is 5.40. The van der Waals surface area contributed by atoms with Crippen molar-refractivity contribution < 1.29 is 19.1 Å². The largest absolute Gasteiger partial charge is 0.374 e. The summed E-state index contributed by atoms with van der Waals surface area (Å²) in [4.78, 5) is 42.3. The minimum Gasteiger partial charge on any atom is -0.374 e. The molecule has 3 N–H and O–H groups in total.